The zero-order chi connectivity index (χ0) is 23.1. The number of benzene rings is 2. The highest BCUT2D eigenvalue weighted by Crippen LogP contribution is 2.37. The van der Waals surface area contributed by atoms with Crippen LogP contribution in [-0.4, -0.2) is 32.6 Å². The van der Waals surface area contributed by atoms with Crippen molar-refractivity contribution in [1.82, 2.24) is 19.5 Å². The van der Waals surface area contributed by atoms with Gasteiger partial charge in [-0.15, -0.1) is 0 Å². The summed E-state index contributed by atoms with van der Waals surface area (Å²) in [5.41, 5.74) is 7.80. The van der Waals surface area contributed by atoms with Gasteiger partial charge in [-0.25, -0.2) is 9.99 Å². The van der Waals surface area contributed by atoms with Crippen molar-refractivity contribution >= 4 is 17.0 Å². The van der Waals surface area contributed by atoms with Crippen LogP contribution in [0.3, 0.4) is 0 Å². The molecule has 2 fully saturated rings. The van der Waals surface area contributed by atoms with Crippen molar-refractivity contribution in [3.63, 3.8) is 0 Å². The Balaban J connectivity index is 1.43. The molecule has 1 N–H and O–H groups in total. The molecule has 2 atom stereocenters. The maximum absolute atomic E-state index is 13.8. The second kappa shape index (κ2) is 8.69. The van der Waals surface area contributed by atoms with E-state index in [1.807, 2.05) is 73.8 Å². The van der Waals surface area contributed by atoms with Crippen molar-refractivity contribution in [3.05, 3.63) is 88.3 Å². The number of pyridine rings is 1. The zero-order valence-electron chi connectivity index (χ0n) is 19.4. The van der Waals surface area contributed by atoms with Gasteiger partial charge in [-0.1, -0.05) is 61.0 Å². The highest BCUT2D eigenvalue weighted by molar-refractivity contribution is 5.82. The Morgan fingerprint density at radius 3 is 2.47 bits per heavy atom. The Hall–Kier alpha value is -3.51. The van der Waals surface area contributed by atoms with Gasteiger partial charge in [-0.05, 0) is 54.4 Å². The Labute approximate surface area is 199 Å². The SMILES string of the molecule is Cc1ccccc1-c1cc2cnc(NN3CC4CCCC4C3)nc2n(Cc2ccccc2)c1=O. The van der Waals surface area contributed by atoms with E-state index in [0.717, 1.165) is 47.0 Å². The molecular weight excluding hydrogens is 422 g/mol. The summed E-state index contributed by atoms with van der Waals surface area (Å²) in [5.74, 6) is 2.11. The molecule has 1 saturated heterocycles. The fraction of sp³-hybridized carbons (Fsp3) is 0.321. The van der Waals surface area contributed by atoms with Crippen LogP contribution in [0.25, 0.3) is 22.2 Å². The molecule has 0 bridgehead atoms. The van der Waals surface area contributed by atoms with Gasteiger partial charge in [-0.3, -0.25) is 14.8 Å². The first-order valence-electron chi connectivity index (χ1n) is 12.2. The molecule has 2 unspecified atom stereocenters. The van der Waals surface area contributed by atoms with E-state index in [1.165, 1.54) is 19.3 Å². The summed E-state index contributed by atoms with van der Waals surface area (Å²) in [5, 5.41) is 3.11. The van der Waals surface area contributed by atoms with Gasteiger partial charge in [0.2, 0.25) is 5.95 Å². The molecule has 0 radical (unpaired) electrons. The Morgan fingerprint density at radius 2 is 1.71 bits per heavy atom. The molecule has 6 rings (SSSR count). The lowest BCUT2D eigenvalue weighted by Gasteiger charge is -2.19. The van der Waals surface area contributed by atoms with Crippen LogP contribution in [0.4, 0.5) is 5.95 Å². The first-order valence-corrected chi connectivity index (χ1v) is 12.2. The monoisotopic (exact) mass is 451 g/mol. The molecule has 2 aromatic heterocycles. The van der Waals surface area contributed by atoms with E-state index >= 15 is 0 Å². The van der Waals surface area contributed by atoms with Gasteiger partial charge in [0.25, 0.3) is 5.56 Å². The molecule has 2 aromatic carbocycles. The number of anilines is 1. The average Bonchev–Trinajstić information content (AvgIpc) is 3.44. The maximum Gasteiger partial charge on any atom is 0.260 e. The third-order valence-electron chi connectivity index (χ3n) is 7.43. The molecule has 34 heavy (non-hydrogen) atoms. The molecule has 6 nitrogen and oxygen atoms in total. The summed E-state index contributed by atoms with van der Waals surface area (Å²) >= 11 is 0. The number of hydrogen-bond donors (Lipinski definition) is 1. The fourth-order valence-corrected chi connectivity index (χ4v) is 5.66. The molecule has 1 aliphatic carbocycles. The lowest BCUT2D eigenvalue weighted by Crippen LogP contribution is -2.30. The van der Waals surface area contributed by atoms with Crippen LogP contribution in [0.2, 0.25) is 0 Å². The average molecular weight is 452 g/mol. The van der Waals surface area contributed by atoms with Crippen molar-refractivity contribution in [2.24, 2.45) is 11.8 Å². The summed E-state index contributed by atoms with van der Waals surface area (Å²) < 4.78 is 1.79. The lowest BCUT2D eigenvalue weighted by molar-refractivity contribution is 0.369. The minimum atomic E-state index is -0.0361. The molecule has 1 aliphatic heterocycles. The number of rotatable bonds is 5. The number of aromatic nitrogens is 3. The molecule has 3 heterocycles. The number of hydrogen-bond acceptors (Lipinski definition) is 5. The third kappa shape index (κ3) is 3.88. The molecule has 0 amide bonds. The smallest absolute Gasteiger partial charge is 0.260 e. The summed E-state index contributed by atoms with van der Waals surface area (Å²) in [7, 11) is 0. The summed E-state index contributed by atoms with van der Waals surface area (Å²) in [4.78, 5) is 23.3. The van der Waals surface area contributed by atoms with Crippen LogP contribution in [0.1, 0.15) is 30.4 Å². The van der Waals surface area contributed by atoms with E-state index in [-0.39, 0.29) is 5.56 Å². The molecule has 4 aromatic rings. The normalized spacial score (nSPS) is 20.0. The van der Waals surface area contributed by atoms with Crippen LogP contribution in [0.5, 0.6) is 0 Å². The highest BCUT2D eigenvalue weighted by atomic mass is 16.1. The van der Waals surface area contributed by atoms with Gasteiger partial charge in [0.05, 0.1) is 6.54 Å². The van der Waals surface area contributed by atoms with Crippen molar-refractivity contribution in [2.45, 2.75) is 32.7 Å². The summed E-state index contributed by atoms with van der Waals surface area (Å²) in [6, 6.07) is 20.0. The van der Waals surface area contributed by atoms with Gasteiger partial charge in [-0.2, -0.15) is 4.98 Å². The number of fused-ring (bicyclic) bond motifs is 2. The second-order valence-corrected chi connectivity index (χ2v) is 9.69. The van der Waals surface area contributed by atoms with Crippen LogP contribution >= 0.6 is 0 Å². The minimum Gasteiger partial charge on any atom is -0.288 e. The van der Waals surface area contributed by atoms with E-state index in [0.29, 0.717) is 23.7 Å². The topological polar surface area (TPSA) is 63.1 Å². The van der Waals surface area contributed by atoms with E-state index < -0.39 is 0 Å². The second-order valence-electron chi connectivity index (χ2n) is 9.69. The van der Waals surface area contributed by atoms with Crippen LogP contribution in [-0.2, 0) is 6.54 Å². The van der Waals surface area contributed by atoms with E-state index in [4.69, 9.17) is 4.98 Å². The minimum absolute atomic E-state index is 0.0361. The largest absolute Gasteiger partial charge is 0.288 e. The van der Waals surface area contributed by atoms with E-state index in [9.17, 15) is 4.79 Å². The first-order chi connectivity index (χ1) is 16.7. The van der Waals surface area contributed by atoms with Gasteiger partial charge in [0, 0.05) is 30.2 Å². The summed E-state index contributed by atoms with van der Waals surface area (Å²) in [6.07, 6.45) is 5.83. The van der Waals surface area contributed by atoms with E-state index in [2.05, 4.69) is 15.4 Å². The maximum atomic E-state index is 13.8. The predicted molar refractivity (Wildman–Crippen MR) is 136 cm³/mol. The van der Waals surface area contributed by atoms with Crippen LogP contribution in [0, 0.1) is 18.8 Å². The predicted octanol–water partition coefficient (Wildman–Crippen LogP) is 4.87. The number of nitrogens with one attached hydrogen (secondary N) is 1. The van der Waals surface area contributed by atoms with Crippen molar-refractivity contribution in [1.29, 1.82) is 0 Å². The summed E-state index contributed by atoms with van der Waals surface area (Å²) in [6.45, 7) is 4.57. The van der Waals surface area contributed by atoms with Crippen LogP contribution < -0.4 is 11.0 Å². The fourth-order valence-electron chi connectivity index (χ4n) is 5.66. The third-order valence-corrected chi connectivity index (χ3v) is 7.43. The lowest BCUT2D eigenvalue weighted by atomic mass is 10.0. The standard InChI is InChI=1S/C28H29N5O/c1-19-8-5-6-13-24(19)25-14-23-15-29-28(31-32-17-21-11-7-12-22(21)18-32)30-26(23)33(27(25)34)16-20-9-3-2-4-10-20/h2-6,8-10,13-15,21-22H,7,11-12,16-18H2,1H3,(H,29,30,31). The Bertz CT molecular complexity index is 1390. The molecule has 0 spiro atoms. The van der Waals surface area contributed by atoms with Crippen molar-refractivity contribution < 1.29 is 0 Å². The molecule has 1 saturated carbocycles. The number of nitrogens with zero attached hydrogens (tertiary/aromatic N) is 4. The van der Waals surface area contributed by atoms with Gasteiger partial charge in [0.1, 0.15) is 5.65 Å². The Kier molecular flexibility index (Phi) is 5.38. The van der Waals surface area contributed by atoms with E-state index in [1.54, 1.807) is 4.57 Å². The van der Waals surface area contributed by atoms with Crippen LogP contribution in [0.15, 0.2) is 71.7 Å². The van der Waals surface area contributed by atoms with Gasteiger partial charge >= 0.3 is 0 Å². The van der Waals surface area contributed by atoms with Crippen molar-refractivity contribution in [3.8, 4) is 11.1 Å². The molecule has 6 heteroatoms. The van der Waals surface area contributed by atoms with Gasteiger partial charge in [0.15, 0.2) is 0 Å². The first kappa shape index (κ1) is 21.1. The number of hydrazine groups is 1. The zero-order valence-corrected chi connectivity index (χ0v) is 19.4. The molecular formula is C28H29N5O. The molecule has 2 aliphatic rings. The molecule has 172 valence electrons. The Morgan fingerprint density at radius 1 is 0.971 bits per heavy atom. The van der Waals surface area contributed by atoms with Gasteiger partial charge < -0.3 is 0 Å². The quantitative estimate of drug-likeness (QED) is 0.469. The van der Waals surface area contributed by atoms with Crippen molar-refractivity contribution in [2.75, 3.05) is 18.5 Å². The highest BCUT2D eigenvalue weighted by Gasteiger charge is 2.36. The number of aryl methyl sites for hydroxylation is 1.